The van der Waals surface area contributed by atoms with E-state index >= 15 is 0 Å². The van der Waals surface area contributed by atoms with Gasteiger partial charge < -0.3 is 9.64 Å². The minimum absolute atomic E-state index is 0.0382. The number of hydrogen-bond donors (Lipinski definition) is 0. The molecule has 2 aliphatic heterocycles. The first kappa shape index (κ1) is 17.1. The van der Waals surface area contributed by atoms with E-state index in [1.807, 2.05) is 0 Å². The summed E-state index contributed by atoms with van der Waals surface area (Å²) in [6.07, 6.45) is 2.58. The smallest absolute Gasteiger partial charge is 0.363 e. The standard InChI is InChI=1S/C20H14F2N2O3/c21-14-6-3-13(16(22)11-14)10-17-20(26)27-19(23-17)12-4-7-15(8-5-12)24-9-1-2-18(24)25/h3-8,10-11H,1-2,9H2/b17-10+. The topological polar surface area (TPSA) is 59.0 Å². The highest BCUT2D eigenvalue weighted by Gasteiger charge is 2.26. The van der Waals surface area contributed by atoms with Gasteiger partial charge in [0.1, 0.15) is 11.6 Å². The highest BCUT2D eigenvalue weighted by atomic mass is 19.1. The maximum Gasteiger partial charge on any atom is 0.363 e. The Morgan fingerprint density at radius 1 is 1.07 bits per heavy atom. The quantitative estimate of drug-likeness (QED) is 0.616. The zero-order chi connectivity index (χ0) is 19.0. The van der Waals surface area contributed by atoms with Gasteiger partial charge in [0.15, 0.2) is 5.70 Å². The molecule has 2 aromatic rings. The van der Waals surface area contributed by atoms with Crippen molar-refractivity contribution in [3.63, 3.8) is 0 Å². The zero-order valence-corrected chi connectivity index (χ0v) is 14.1. The van der Waals surface area contributed by atoms with E-state index in [0.717, 1.165) is 24.2 Å². The van der Waals surface area contributed by atoms with Gasteiger partial charge in [0, 0.05) is 35.8 Å². The summed E-state index contributed by atoms with van der Waals surface area (Å²) in [5.74, 6) is -2.04. The number of carbonyl (C=O) groups is 2. The van der Waals surface area contributed by atoms with Gasteiger partial charge in [-0.2, -0.15) is 0 Å². The Hall–Kier alpha value is -3.35. The van der Waals surface area contributed by atoms with Crippen molar-refractivity contribution in [1.82, 2.24) is 0 Å². The number of carbonyl (C=O) groups excluding carboxylic acids is 2. The molecular weight excluding hydrogens is 354 g/mol. The number of benzene rings is 2. The van der Waals surface area contributed by atoms with Crippen LogP contribution < -0.4 is 4.90 Å². The summed E-state index contributed by atoms with van der Waals surface area (Å²) in [5.41, 5.74) is 1.29. The molecular formula is C20H14F2N2O3. The summed E-state index contributed by atoms with van der Waals surface area (Å²) < 4.78 is 31.9. The number of rotatable bonds is 3. The van der Waals surface area contributed by atoms with Crippen molar-refractivity contribution >= 4 is 29.5 Å². The predicted octanol–water partition coefficient (Wildman–Crippen LogP) is 3.44. The van der Waals surface area contributed by atoms with Gasteiger partial charge in [-0.3, -0.25) is 4.79 Å². The lowest BCUT2D eigenvalue weighted by atomic mass is 10.1. The molecule has 27 heavy (non-hydrogen) atoms. The number of hydrogen-bond acceptors (Lipinski definition) is 4. The minimum Gasteiger partial charge on any atom is -0.402 e. The van der Waals surface area contributed by atoms with Crippen LogP contribution in [0.25, 0.3) is 6.08 Å². The van der Waals surface area contributed by atoms with Crippen LogP contribution in [0.5, 0.6) is 0 Å². The lowest BCUT2D eigenvalue weighted by Crippen LogP contribution is -2.23. The van der Waals surface area contributed by atoms with Crippen LogP contribution in [0, 0.1) is 11.6 Å². The molecule has 0 unspecified atom stereocenters. The monoisotopic (exact) mass is 368 g/mol. The molecule has 136 valence electrons. The maximum atomic E-state index is 13.8. The summed E-state index contributed by atoms with van der Waals surface area (Å²) in [6.45, 7) is 0.685. The molecule has 0 spiro atoms. The van der Waals surface area contributed by atoms with Gasteiger partial charge in [0.05, 0.1) is 0 Å². The SMILES string of the molecule is O=C1OC(c2ccc(N3CCCC3=O)cc2)=N/C1=C/c1ccc(F)cc1F. The van der Waals surface area contributed by atoms with Crippen LogP contribution in [0.2, 0.25) is 0 Å². The summed E-state index contributed by atoms with van der Waals surface area (Å²) in [5, 5.41) is 0. The van der Waals surface area contributed by atoms with E-state index in [2.05, 4.69) is 4.99 Å². The first-order valence-corrected chi connectivity index (χ1v) is 8.40. The average molecular weight is 368 g/mol. The molecule has 2 aliphatic rings. The van der Waals surface area contributed by atoms with Crippen molar-refractivity contribution in [2.45, 2.75) is 12.8 Å². The van der Waals surface area contributed by atoms with Gasteiger partial charge in [0.25, 0.3) is 0 Å². The molecule has 0 bridgehead atoms. The predicted molar refractivity (Wildman–Crippen MR) is 95.0 cm³/mol. The van der Waals surface area contributed by atoms with Crippen molar-refractivity contribution in [2.24, 2.45) is 4.99 Å². The lowest BCUT2D eigenvalue weighted by molar-refractivity contribution is -0.130. The van der Waals surface area contributed by atoms with Gasteiger partial charge in [-0.25, -0.2) is 18.6 Å². The molecule has 1 amide bonds. The minimum atomic E-state index is -0.793. The van der Waals surface area contributed by atoms with Crippen LogP contribution in [0.4, 0.5) is 14.5 Å². The van der Waals surface area contributed by atoms with Gasteiger partial charge in [0.2, 0.25) is 11.8 Å². The molecule has 7 heteroatoms. The molecule has 0 N–H and O–H groups in total. The zero-order valence-electron chi connectivity index (χ0n) is 14.1. The van der Waals surface area contributed by atoms with Crippen molar-refractivity contribution in [3.8, 4) is 0 Å². The Labute approximate surface area is 153 Å². The highest BCUT2D eigenvalue weighted by Crippen LogP contribution is 2.24. The van der Waals surface area contributed by atoms with Gasteiger partial charge in [-0.1, -0.05) is 0 Å². The Bertz CT molecular complexity index is 997. The fraction of sp³-hybridized carbons (Fsp3) is 0.150. The van der Waals surface area contributed by atoms with Crippen LogP contribution >= 0.6 is 0 Å². The Balaban J connectivity index is 1.59. The normalized spacial score (nSPS) is 18.2. The van der Waals surface area contributed by atoms with Crippen molar-refractivity contribution in [1.29, 1.82) is 0 Å². The second-order valence-corrected chi connectivity index (χ2v) is 6.20. The van der Waals surface area contributed by atoms with E-state index in [4.69, 9.17) is 4.74 Å². The number of aliphatic imine (C=N–C) groups is 1. The number of nitrogens with zero attached hydrogens (tertiary/aromatic N) is 2. The molecule has 4 rings (SSSR count). The molecule has 5 nitrogen and oxygen atoms in total. The fourth-order valence-corrected chi connectivity index (χ4v) is 3.00. The third kappa shape index (κ3) is 3.36. The van der Waals surface area contributed by atoms with Crippen LogP contribution in [0.1, 0.15) is 24.0 Å². The molecule has 1 saturated heterocycles. The molecule has 0 aliphatic carbocycles. The van der Waals surface area contributed by atoms with Gasteiger partial charge in [-0.05, 0) is 48.9 Å². The van der Waals surface area contributed by atoms with Crippen molar-refractivity contribution in [3.05, 3.63) is 70.9 Å². The number of cyclic esters (lactones) is 1. The van der Waals surface area contributed by atoms with Crippen LogP contribution in [-0.4, -0.2) is 24.3 Å². The van der Waals surface area contributed by atoms with E-state index < -0.39 is 17.6 Å². The van der Waals surface area contributed by atoms with E-state index in [1.165, 1.54) is 12.1 Å². The largest absolute Gasteiger partial charge is 0.402 e. The number of anilines is 1. The second-order valence-electron chi connectivity index (χ2n) is 6.20. The molecule has 0 aromatic heterocycles. The molecule has 1 fully saturated rings. The first-order valence-electron chi connectivity index (χ1n) is 8.40. The van der Waals surface area contributed by atoms with Crippen LogP contribution in [0.3, 0.4) is 0 Å². The Morgan fingerprint density at radius 3 is 2.52 bits per heavy atom. The molecule has 0 saturated carbocycles. The van der Waals surface area contributed by atoms with E-state index in [-0.39, 0.29) is 23.1 Å². The summed E-state index contributed by atoms with van der Waals surface area (Å²) >= 11 is 0. The van der Waals surface area contributed by atoms with Crippen LogP contribution in [0.15, 0.2) is 53.2 Å². The van der Waals surface area contributed by atoms with E-state index in [0.29, 0.717) is 18.5 Å². The number of halogens is 2. The van der Waals surface area contributed by atoms with E-state index in [1.54, 1.807) is 29.2 Å². The molecule has 2 aromatic carbocycles. The van der Waals surface area contributed by atoms with Crippen molar-refractivity contribution < 1.29 is 23.1 Å². The summed E-state index contributed by atoms with van der Waals surface area (Å²) in [7, 11) is 0. The number of esters is 1. The van der Waals surface area contributed by atoms with Gasteiger partial charge >= 0.3 is 5.97 Å². The van der Waals surface area contributed by atoms with Gasteiger partial charge in [-0.15, -0.1) is 0 Å². The lowest BCUT2D eigenvalue weighted by Gasteiger charge is -2.15. The fourth-order valence-electron chi connectivity index (χ4n) is 3.00. The summed E-state index contributed by atoms with van der Waals surface area (Å²) in [4.78, 5) is 29.6. The van der Waals surface area contributed by atoms with Crippen LogP contribution in [-0.2, 0) is 14.3 Å². The third-order valence-electron chi connectivity index (χ3n) is 4.37. The molecule has 2 heterocycles. The van der Waals surface area contributed by atoms with Crippen molar-refractivity contribution in [2.75, 3.05) is 11.4 Å². The maximum absolute atomic E-state index is 13.8. The average Bonchev–Trinajstić information content (AvgIpc) is 3.23. The summed E-state index contributed by atoms with van der Waals surface area (Å²) in [6, 6.07) is 9.98. The Morgan fingerprint density at radius 2 is 1.85 bits per heavy atom. The van der Waals surface area contributed by atoms with E-state index in [9.17, 15) is 18.4 Å². The first-order chi connectivity index (χ1) is 13.0. The Kier molecular flexibility index (Phi) is 4.27. The number of ether oxygens (including phenoxy) is 1. The molecule has 0 radical (unpaired) electrons. The number of amides is 1. The highest BCUT2D eigenvalue weighted by molar-refractivity contribution is 6.13. The second kappa shape index (κ2) is 6.75. The molecule has 0 atom stereocenters. The third-order valence-corrected chi connectivity index (χ3v) is 4.37.